The molecule has 23 heavy (non-hydrogen) atoms. The van der Waals surface area contributed by atoms with Crippen LogP contribution >= 0.6 is 0 Å². The van der Waals surface area contributed by atoms with Crippen LogP contribution in [-0.4, -0.2) is 37.0 Å². The number of hydrogen-bond acceptors (Lipinski definition) is 6. The van der Waals surface area contributed by atoms with Crippen molar-refractivity contribution in [3.05, 3.63) is 30.1 Å². The fourth-order valence-electron chi connectivity index (χ4n) is 1.49. The van der Waals surface area contributed by atoms with E-state index in [0.29, 0.717) is 11.6 Å². The topological polar surface area (TPSA) is 90.1 Å². The molecule has 130 valence electrons. The summed E-state index contributed by atoms with van der Waals surface area (Å²) in [5.41, 5.74) is 6.34. The van der Waals surface area contributed by atoms with Gasteiger partial charge in [0.25, 0.3) is 0 Å². The van der Waals surface area contributed by atoms with Crippen LogP contribution in [0.5, 0.6) is 0 Å². The predicted octanol–water partition coefficient (Wildman–Crippen LogP) is 3.01. The zero-order chi connectivity index (χ0) is 18.1. The number of methoxy groups -OCH3 is 1. The lowest BCUT2D eigenvalue weighted by Crippen LogP contribution is -2.09. The lowest BCUT2D eigenvalue weighted by atomic mass is 10.2. The van der Waals surface area contributed by atoms with Crippen LogP contribution in [0.4, 0.5) is 5.82 Å². The number of benzene rings is 1. The summed E-state index contributed by atoms with van der Waals surface area (Å²) in [6, 6.07) is 7.60. The molecule has 0 saturated carbocycles. The van der Waals surface area contributed by atoms with Gasteiger partial charge < -0.3 is 20.6 Å². The summed E-state index contributed by atoms with van der Waals surface area (Å²) in [7, 11) is 3.25. The van der Waals surface area contributed by atoms with Gasteiger partial charge in [-0.25, -0.2) is 9.97 Å². The third kappa shape index (κ3) is 8.85. The van der Waals surface area contributed by atoms with Gasteiger partial charge in [-0.2, -0.15) is 0 Å². The number of hydrogen-bond donors (Lipinski definition) is 2. The van der Waals surface area contributed by atoms with Crippen LogP contribution in [0.1, 0.15) is 33.5 Å². The van der Waals surface area contributed by atoms with Crippen LogP contribution in [0.25, 0.3) is 10.9 Å². The van der Waals surface area contributed by atoms with Crippen molar-refractivity contribution in [1.29, 1.82) is 0 Å². The molecule has 0 aliphatic rings. The predicted molar refractivity (Wildman–Crippen MR) is 97.6 cm³/mol. The van der Waals surface area contributed by atoms with E-state index in [9.17, 15) is 4.79 Å². The molecule has 0 fully saturated rings. The number of nitrogens with zero attached hydrogens (tertiary/aromatic N) is 2. The largest absolute Gasteiger partial charge is 0.388 e. The monoisotopic (exact) mass is 322 g/mol. The van der Waals surface area contributed by atoms with Gasteiger partial charge in [0.05, 0.1) is 18.6 Å². The molecule has 0 amide bonds. The number of aromatic nitrogens is 2. The van der Waals surface area contributed by atoms with Crippen LogP contribution in [-0.2, 0) is 16.1 Å². The molecule has 0 unspecified atom stereocenters. The van der Waals surface area contributed by atoms with E-state index in [4.69, 9.17) is 5.73 Å². The van der Waals surface area contributed by atoms with Crippen molar-refractivity contribution < 1.29 is 9.53 Å². The summed E-state index contributed by atoms with van der Waals surface area (Å²) in [6.07, 6.45) is 0.791. The second kappa shape index (κ2) is 16.3. The minimum absolute atomic E-state index is 0.227. The van der Waals surface area contributed by atoms with Crippen LogP contribution in [0.15, 0.2) is 24.3 Å². The molecule has 0 spiro atoms. The first kappa shape index (κ1) is 23.2. The van der Waals surface area contributed by atoms with Crippen LogP contribution in [0.3, 0.4) is 0 Å². The van der Waals surface area contributed by atoms with Crippen LogP contribution < -0.4 is 11.1 Å². The molecule has 6 nitrogen and oxygen atoms in total. The quantitative estimate of drug-likeness (QED) is 0.841. The van der Waals surface area contributed by atoms with Crippen LogP contribution in [0, 0.1) is 0 Å². The fourth-order valence-corrected chi connectivity index (χ4v) is 1.49. The number of ether oxygens (including phenoxy) is 1. The average Bonchev–Trinajstić information content (AvgIpc) is 2.63. The number of aldehydes is 1. The Labute approximate surface area is 139 Å². The molecule has 0 bridgehead atoms. The summed E-state index contributed by atoms with van der Waals surface area (Å²) in [5.74, 6) is 1.21. The molecule has 1 aromatic carbocycles. The Bertz CT molecular complexity index is 533. The van der Waals surface area contributed by atoms with Gasteiger partial charge in [-0.15, -0.1) is 0 Å². The van der Waals surface area contributed by atoms with Gasteiger partial charge in [-0.1, -0.05) is 39.8 Å². The molecule has 3 N–H and O–H groups in total. The molecule has 0 saturated heterocycles. The Balaban J connectivity index is 0. The van der Waals surface area contributed by atoms with E-state index in [1.165, 1.54) is 0 Å². The standard InChI is InChI=1S/C11H12N4O.C2H6O.2C2H6/c12-7-10-14-9-4-2-1-3-8(9)11(15-10)13-5-6-16;1-3-2;2*1-2/h1-4,6H,5,7,12H2,(H,13,14,15);1-2H3;2*1-2H3. The lowest BCUT2D eigenvalue weighted by Gasteiger charge is -2.07. The number of nitrogens with one attached hydrogen (secondary N) is 1. The van der Waals surface area contributed by atoms with Crippen molar-refractivity contribution in [1.82, 2.24) is 9.97 Å². The van der Waals surface area contributed by atoms with E-state index < -0.39 is 0 Å². The smallest absolute Gasteiger partial charge is 0.144 e. The van der Waals surface area contributed by atoms with E-state index in [0.717, 1.165) is 17.2 Å². The maximum atomic E-state index is 10.3. The Hall–Kier alpha value is -2.05. The van der Waals surface area contributed by atoms with Crippen molar-refractivity contribution in [3.63, 3.8) is 0 Å². The lowest BCUT2D eigenvalue weighted by molar-refractivity contribution is -0.106. The van der Waals surface area contributed by atoms with Gasteiger partial charge in [0.1, 0.15) is 17.9 Å². The van der Waals surface area contributed by atoms with Crippen molar-refractivity contribution >= 4 is 23.0 Å². The molecule has 2 aromatic rings. The second-order valence-electron chi connectivity index (χ2n) is 3.67. The minimum atomic E-state index is 0.227. The van der Waals surface area contributed by atoms with Gasteiger partial charge in [-0.3, -0.25) is 0 Å². The molecular weight excluding hydrogens is 292 g/mol. The number of carbonyl (C=O) groups is 1. The molecule has 0 radical (unpaired) electrons. The number of nitrogens with two attached hydrogens (primary N) is 1. The van der Waals surface area contributed by atoms with Gasteiger partial charge in [0.2, 0.25) is 0 Å². The fraction of sp³-hybridized carbons (Fsp3) is 0.471. The maximum Gasteiger partial charge on any atom is 0.144 e. The van der Waals surface area contributed by atoms with Gasteiger partial charge >= 0.3 is 0 Å². The van der Waals surface area contributed by atoms with Crippen molar-refractivity contribution in [3.8, 4) is 0 Å². The normalized spacial score (nSPS) is 8.48. The first-order valence-corrected chi connectivity index (χ1v) is 7.80. The number of anilines is 1. The molecule has 2 rings (SSSR count). The summed E-state index contributed by atoms with van der Waals surface area (Å²) in [4.78, 5) is 18.9. The summed E-state index contributed by atoms with van der Waals surface area (Å²) < 4.78 is 4.25. The second-order valence-corrected chi connectivity index (χ2v) is 3.67. The van der Waals surface area contributed by atoms with E-state index >= 15 is 0 Å². The SMILES string of the molecule is CC.CC.COC.NCc1nc(NCC=O)c2ccccc2n1. The van der Waals surface area contributed by atoms with Gasteiger partial charge in [0, 0.05) is 19.6 Å². The Kier molecular flexibility index (Phi) is 16.5. The highest BCUT2D eigenvalue weighted by atomic mass is 16.4. The Morgan fingerprint density at radius 3 is 2.22 bits per heavy atom. The van der Waals surface area contributed by atoms with E-state index in [1.54, 1.807) is 14.2 Å². The maximum absolute atomic E-state index is 10.3. The summed E-state index contributed by atoms with van der Waals surface area (Å²) >= 11 is 0. The third-order valence-electron chi connectivity index (χ3n) is 2.18. The number of fused-ring (bicyclic) bond motifs is 1. The molecule has 6 heteroatoms. The third-order valence-corrected chi connectivity index (χ3v) is 2.18. The number of rotatable bonds is 4. The molecule has 1 heterocycles. The van der Waals surface area contributed by atoms with Crippen molar-refractivity contribution in [2.75, 3.05) is 26.1 Å². The van der Waals surface area contributed by atoms with Crippen molar-refractivity contribution in [2.45, 2.75) is 34.2 Å². The first-order valence-electron chi connectivity index (χ1n) is 7.80. The van der Waals surface area contributed by atoms with Crippen LogP contribution in [0.2, 0.25) is 0 Å². The zero-order valence-corrected chi connectivity index (χ0v) is 15.1. The van der Waals surface area contributed by atoms with E-state index in [-0.39, 0.29) is 13.1 Å². The number of carbonyl (C=O) groups excluding carboxylic acids is 1. The highest BCUT2D eigenvalue weighted by molar-refractivity contribution is 5.89. The summed E-state index contributed by atoms with van der Waals surface area (Å²) in [5, 5.41) is 3.83. The number of para-hydroxylation sites is 1. The van der Waals surface area contributed by atoms with Gasteiger partial charge in [0.15, 0.2) is 0 Å². The molecule has 1 aromatic heterocycles. The minimum Gasteiger partial charge on any atom is -0.388 e. The van der Waals surface area contributed by atoms with Gasteiger partial charge in [-0.05, 0) is 12.1 Å². The van der Waals surface area contributed by atoms with Crippen molar-refractivity contribution in [2.24, 2.45) is 5.73 Å². The molecule has 0 atom stereocenters. The summed E-state index contributed by atoms with van der Waals surface area (Å²) in [6.45, 7) is 8.51. The average molecular weight is 322 g/mol. The molecule has 0 aliphatic heterocycles. The molecular formula is C17H30N4O2. The highest BCUT2D eigenvalue weighted by Crippen LogP contribution is 2.19. The first-order chi connectivity index (χ1) is 11.3. The van der Waals surface area contributed by atoms with E-state index in [2.05, 4.69) is 20.0 Å². The molecule has 0 aliphatic carbocycles. The zero-order valence-electron chi connectivity index (χ0n) is 15.1. The Morgan fingerprint density at radius 2 is 1.70 bits per heavy atom. The highest BCUT2D eigenvalue weighted by Gasteiger charge is 2.05. The Morgan fingerprint density at radius 1 is 1.13 bits per heavy atom. The van der Waals surface area contributed by atoms with E-state index in [1.807, 2.05) is 52.0 Å².